The lowest BCUT2D eigenvalue weighted by molar-refractivity contribution is -0.153. The van der Waals surface area contributed by atoms with Crippen molar-refractivity contribution in [2.24, 2.45) is 5.11 Å². The second-order valence-electron chi connectivity index (χ2n) is 6.98. The summed E-state index contributed by atoms with van der Waals surface area (Å²) in [6.07, 6.45) is -5.69. The number of hydrogen-bond donors (Lipinski definition) is 0. The first-order chi connectivity index (χ1) is 15.4. The molecule has 1 fully saturated rings. The van der Waals surface area contributed by atoms with Gasteiger partial charge in [0.1, 0.15) is 12.2 Å². The summed E-state index contributed by atoms with van der Waals surface area (Å²) >= 11 is 0. The molecular formula is C22H21N3O7. The third-order valence-corrected chi connectivity index (χ3v) is 4.71. The van der Waals surface area contributed by atoms with Crippen molar-refractivity contribution < 1.29 is 33.3 Å². The average molecular weight is 439 g/mol. The highest BCUT2D eigenvalue weighted by Gasteiger charge is 2.52. The second kappa shape index (κ2) is 10.4. The summed E-state index contributed by atoms with van der Waals surface area (Å²) in [4.78, 5) is 39.5. The molecule has 10 nitrogen and oxygen atoms in total. The number of carbonyl (C=O) groups excluding carboxylic acids is 3. The van der Waals surface area contributed by atoms with Gasteiger partial charge in [0.2, 0.25) is 0 Å². The highest BCUT2D eigenvalue weighted by Crippen LogP contribution is 2.32. The van der Waals surface area contributed by atoms with E-state index in [1.165, 1.54) is 6.92 Å². The molecule has 3 rings (SSSR count). The molecule has 2 aromatic rings. The predicted octanol–water partition coefficient (Wildman–Crippen LogP) is 3.42. The molecule has 0 aromatic heterocycles. The van der Waals surface area contributed by atoms with Gasteiger partial charge in [-0.3, -0.25) is 4.79 Å². The monoisotopic (exact) mass is 439 g/mol. The lowest BCUT2D eigenvalue weighted by atomic mass is 10.1. The van der Waals surface area contributed by atoms with Crippen molar-refractivity contribution in [2.45, 2.75) is 44.5 Å². The van der Waals surface area contributed by atoms with Gasteiger partial charge < -0.3 is 18.9 Å². The highest BCUT2D eigenvalue weighted by molar-refractivity contribution is 5.90. The number of carbonyl (C=O) groups is 3. The van der Waals surface area contributed by atoms with Crippen LogP contribution in [0.3, 0.4) is 0 Å². The topological polar surface area (TPSA) is 137 Å². The highest BCUT2D eigenvalue weighted by atomic mass is 16.7. The van der Waals surface area contributed by atoms with Crippen LogP contribution in [0.25, 0.3) is 10.4 Å². The molecule has 166 valence electrons. The van der Waals surface area contributed by atoms with E-state index < -0.39 is 48.6 Å². The Morgan fingerprint density at radius 3 is 2.03 bits per heavy atom. The zero-order valence-corrected chi connectivity index (χ0v) is 17.4. The molecule has 0 saturated carbocycles. The number of ether oxygens (including phenoxy) is 4. The largest absolute Gasteiger partial charge is 0.456 e. The molecule has 2 aromatic carbocycles. The van der Waals surface area contributed by atoms with Gasteiger partial charge in [0.15, 0.2) is 18.4 Å². The van der Waals surface area contributed by atoms with Crippen LogP contribution in [0.4, 0.5) is 0 Å². The van der Waals surface area contributed by atoms with Crippen molar-refractivity contribution in [3.63, 3.8) is 0 Å². The van der Waals surface area contributed by atoms with Crippen molar-refractivity contribution in [3.05, 3.63) is 82.2 Å². The fourth-order valence-electron chi connectivity index (χ4n) is 3.28. The van der Waals surface area contributed by atoms with Gasteiger partial charge in [0, 0.05) is 11.8 Å². The van der Waals surface area contributed by atoms with Gasteiger partial charge in [-0.05, 0) is 36.7 Å². The predicted molar refractivity (Wildman–Crippen MR) is 110 cm³/mol. The summed E-state index contributed by atoms with van der Waals surface area (Å²) in [7, 11) is 0. The Kier molecular flexibility index (Phi) is 7.43. The van der Waals surface area contributed by atoms with E-state index in [2.05, 4.69) is 10.0 Å². The van der Waals surface area contributed by atoms with Crippen LogP contribution in [0.15, 0.2) is 65.8 Å². The van der Waals surface area contributed by atoms with Crippen LogP contribution in [-0.4, -0.2) is 48.6 Å². The molecular weight excluding hydrogens is 418 g/mol. The van der Waals surface area contributed by atoms with E-state index in [0.717, 1.165) is 6.92 Å². The van der Waals surface area contributed by atoms with E-state index in [1.54, 1.807) is 60.7 Å². The van der Waals surface area contributed by atoms with Gasteiger partial charge in [-0.1, -0.05) is 41.5 Å². The molecule has 0 amide bonds. The molecule has 1 aliphatic rings. The van der Waals surface area contributed by atoms with Crippen LogP contribution in [-0.2, 0) is 23.7 Å². The smallest absolute Gasteiger partial charge is 0.338 e. The zero-order valence-electron chi connectivity index (χ0n) is 17.4. The van der Waals surface area contributed by atoms with E-state index in [0.29, 0.717) is 5.56 Å². The number of nitrogens with zero attached hydrogens (tertiary/aromatic N) is 3. The maximum absolute atomic E-state index is 12.7. The van der Waals surface area contributed by atoms with Gasteiger partial charge in [-0.25, -0.2) is 9.59 Å². The maximum Gasteiger partial charge on any atom is 0.338 e. The number of hydrogen-bond acceptors (Lipinski definition) is 8. The van der Waals surface area contributed by atoms with E-state index >= 15 is 0 Å². The molecule has 1 heterocycles. The number of benzene rings is 2. The molecule has 1 aliphatic heterocycles. The minimum absolute atomic E-state index is 0.258. The molecule has 0 bridgehead atoms. The van der Waals surface area contributed by atoms with E-state index in [9.17, 15) is 14.4 Å². The molecule has 0 spiro atoms. The van der Waals surface area contributed by atoms with E-state index in [-0.39, 0.29) is 5.56 Å². The van der Waals surface area contributed by atoms with Gasteiger partial charge in [-0.15, -0.1) is 0 Å². The summed E-state index contributed by atoms with van der Waals surface area (Å²) in [5, 5.41) is 3.51. The molecule has 10 heteroatoms. The van der Waals surface area contributed by atoms with Crippen molar-refractivity contribution in [2.75, 3.05) is 0 Å². The molecule has 1 saturated heterocycles. The van der Waals surface area contributed by atoms with Crippen molar-refractivity contribution in [1.82, 2.24) is 0 Å². The Labute approximate surface area is 183 Å². The van der Waals surface area contributed by atoms with E-state index in [4.69, 9.17) is 24.5 Å². The Hall–Kier alpha value is -3.88. The van der Waals surface area contributed by atoms with Crippen LogP contribution in [0, 0.1) is 0 Å². The SMILES string of the molecule is CC(=O)O[C@@H]1[C@H](OC(=O)c2ccccc2)[C@@H]([C@@H](C)OC(=O)c2ccccc2)O[C@@H]1N=[N+]=[N-]. The summed E-state index contributed by atoms with van der Waals surface area (Å²) in [6.45, 7) is 2.70. The third kappa shape index (κ3) is 5.42. The van der Waals surface area contributed by atoms with Crippen molar-refractivity contribution >= 4 is 17.9 Å². The summed E-state index contributed by atoms with van der Waals surface area (Å²) < 4.78 is 22.0. The fourth-order valence-corrected chi connectivity index (χ4v) is 3.28. The molecule has 0 unspecified atom stereocenters. The second-order valence-corrected chi connectivity index (χ2v) is 6.98. The van der Waals surface area contributed by atoms with Gasteiger partial charge in [0.05, 0.1) is 11.1 Å². The summed E-state index contributed by atoms with van der Waals surface area (Å²) in [5.41, 5.74) is 9.46. The lowest BCUT2D eigenvalue weighted by Crippen LogP contribution is -2.44. The molecule has 32 heavy (non-hydrogen) atoms. The molecule has 5 atom stereocenters. The maximum atomic E-state index is 12.7. The number of rotatable bonds is 7. The normalized spacial score (nSPS) is 22.8. The first kappa shape index (κ1) is 22.8. The third-order valence-electron chi connectivity index (χ3n) is 4.71. The van der Waals surface area contributed by atoms with Crippen molar-refractivity contribution in [3.8, 4) is 0 Å². The molecule has 0 aliphatic carbocycles. The van der Waals surface area contributed by atoms with Crippen molar-refractivity contribution in [1.29, 1.82) is 0 Å². The minimum Gasteiger partial charge on any atom is -0.456 e. The minimum atomic E-state index is -1.28. The van der Waals surface area contributed by atoms with Crippen LogP contribution in [0.1, 0.15) is 34.6 Å². The van der Waals surface area contributed by atoms with Crippen LogP contribution >= 0.6 is 0 Å². The quantitative estimate of drug-likeness (QED) is 0.212. The van der Waals surface area contributed by atoms with E-state index in [1.807, 2.05) is 0 Å². The average Bonchev–Trinajstić information content (AvgIpc) is 3.11. The number of esters is 3. The number of azide groups is 1. The standard InChI is InChI=1S/C22H21N3O7/c1-13(29-21(27)15-9-5-3-6-10-15)17-18(32-22(28)16-11-7-4-8-12-16)19(30-14(2)26)20(31-17)24-25-23/h3-13,17-20H,1-2H3/t13-,17-,18-,19-,20+/m1/s1. The van der Waals surface area contributed by atoms with Gasteiger partial charge >= 0.3 is 17.9 Å². The summed E-state index contributed by atoms with van der Waals surface area (Å²) in [6, 6.07) is 16.5. The molecule has 0 N–H and O–H groups in total. The van der Waals surface area contributed by atoms with Gasteiger partial charge in [-0.2, -0.15) is 0 Å². The first-order valence-electron chi connectivity index (χ1n) is 9.79. The zero-order chi connectivity index (χ0) is 23.1. The van der Waals surface area contributed by atoms with Crippen LogP contribution in [0.2, 0.25) is 0 Å². The summed E-state index contributed by atoms with van der Waals surface area (Å²) in [5.74, 6) is -2.01. The van der Waals surface area contributed by atoms with Crippen LogP contribution < -0.4 is 0 Å². The fraction of sp³-hybridized carbons (Fsp3) is 0.318. The first-order valence-corrected chi connectivity index (χ1v) is 9.79. The Balaban J connectivity index is 1.86. The Bertz CT molecular complexity index is 1010. The molecule has 0 radical (unpaired) electrons. The van der Waals surface area contributed by atoms with Gasteiger partial charge in [0.25, 0.3) is 0 Å². The Morgan fingerprint density at radius 2 is 1.50 bits per heavy atom. The Morgan fingerprint density at radius 1 is 0.938 bits per heavy atom. The van der Waals surface area contributed by atoms with Crippen LogP contribution in [0.5, 0.6) is 0 Å². The lowest BCUT2D eigenvalue weighted by Gasteiger charge is -2.26.